The molecule has 0 atom stereocenters. The van der Waals surface area contributed by atoms with Crippen molar-refractivity contribution < 1.29 is 22.0 Å². The van der Waals surface area contributed by atoms with Crippen LogP contribution >= 0.6 is 0 Å². The molecule has 1 heterocycles. The minimum Gasteiger partial charge on any atom is -0.484 e. The van der Waals surface area contributed by atoms with Crippen LogP contribution in [0.4, 0.5) is 4.39 Å². The summed E-state index contributed by atoms with van der Waals surface area (Å²) in [7, 11) is -3.98. The van der Waals surface area contributed by atoms with Crippen molar-refractivity contribution in [2.75, 3.05) is 0 Å². The molecule has 0 saturated heterocycles. The van der Waals surface area contributed by atoms with E-state index in [1.807, 2.05) is 30.3 Å². The molecule has 8 heteroatoms. The van der Waals surface area contributed by atoms with E-state index in [4.69, 9.17) is 14.3 Å². The standard InChI is InChI=1S/C22H17FN2O4S/c23-16-10-12-17(13-11-16)28-14-20-25-21(22(29-20)15-6-2-1-3-7-15)18-8-4-5-9-19(18)30(24,26)27/h1-13H,14H2,(H2,24,26,27). The van der Waals surface area contributed by atoms with Crippen molar-refractivity contribution >= 4 is 10.0 Å². The first kappa shape index (κ1) is 19.8. The molecule has 0 amide bonds. The van der Waals surface area contributed by atoms with Crippen molar-refractivity contribution in [1.29, 1.82) is 0 Å². The van der Waals surface area contributed by atoms with Gasteiger partial charge in [0.1, 0.15) is 17.3 Å². The van der Waals surface area contributed by atoms with E-state index in [1.54, 1.807) is 18.2 Å². The van der Waals surface area contributed by atoms with E-state index in [1.165, 1.54) is 30.3 Å². The molecule has 0 unspecified atom stereocenters. The highest BCUT2D eigenvalue weighted by Crippen LogP contribution is 2.35. The van der Waals surface area contributed by atoms with E-state index in [2.05, 4.69) is 4.98 Å². The van der Waals surface area contributed by atoms with Crippen molar-refractivity contribution in [1.82, 2.24) is 4.98 Å². The lowest BCUT2D eigenvalue weighted by Crippen LogP contribution is -2.13. The Bertz CT molecular complexity index is 1270. The van der Waals surface area contributed by atoms with Crippen molar-refractivity contribution in [3.63, 3.8) is 0 Å². The molecule has 1 aromatic heterocycles. The Morgan fingerprint density at radius 2 is 1.60 bits per heavy atom. The predicted molar refractivity (Wildman–Crippen MR) is 109 cm³/mol. The highest BCUT2D eigenvalue weighted by molar-refractivity contribution is 7.89. The number of aromatic nitrogens is 1. The number of oxazole rings is 1. The highest BCUT2D eigenvalue weighted by Gasteiger charge is 2.23. The van der Waals surface area contributed by atoms with E-state index in [0.29, 0.717) is 22.8 Å². The predicted octanol–water partition coefficient (Wildman–Crippen LogP) is 4.37. The number of sulfonamides is 1. The molecule has 0 bridgehead atoms. The van der Waals surface area contributed by atoms with Gasteiger partial charge < -0.3 is 9.15 Å². The number of hydrogen-bond donors (Lipinski definition) is 1. The fraction of sp³-hybridized carbons (Fsp3) is 0.0455. The molecule has 0 aliphatic heterocycles. The van der Waals surface area contributed by atoms with Crippen LogP contribution in [0, 0.1) is 5.82 Å². The maximum absolute atomic E-state index is 13.1. The number of ether oxygens (including phenoxy) is 1. The van der Waals surface area contributed by atoms with Gasteiger partial charge in [-0.1, -0.05) is 48.5 Å². The lowest BCUT2D eigenvalue weighted by Gasteiger charge is -2.06. The van der Waals surface area contributed by atoms with Gasteiger partial charge in [0, 0.05) is 11.1 Å². The quantitative estimate of drug-likeness (QED) is 0.496. The van der Waals surface area contributed by atoms with Crippen LogP contribution in [0.3, 0.4) is 0 Å². The van der Waals surface area contributed by atoms with Crippen LogP contribution in [0.15, 0.2) is 88.2 Å². The third-order valence-corrected chi connectivity index (χ3v) is 5.30. The topological polar surface area (TPSA) is 95.4 Å². The van der Waals surface area contributed by atoms with E-state index in [9.17, 15) is 12.8 Å². The Balaban J connectivity index is 1.77. The minimum atomic E-state index is -3.98. The van der Waals surface area contributed by atoms with Crippen molar-refractivity contribution in [2.45, 2.75) is 11.5 Å². The van der Waals surface area contributed by atoms with Crippen LogP contribution < -0.4 is 9.88 Å². The summed E-state index contributed by atoms with van der Waals surface area (Å²) in [5.74, 6) is 0.705. The summed E-state index contributed by atoms with van der Waals surface area (Å²) in [6.07, 6.45) is 0. The molecule has 0 saturated carbocycles. The number of nitrogens with two attached hydrogens (primary N) is 1. The van der Waals surface area contributed by atoms with Crippen molar-refractivity contribution in [2.24, 2.45) is 5.14 Å². The molecule has 2 N–H and O–H groups in total. The molecule has 4 aromatic rings. The van der Waals surface area contributed by atoms with Crippen LogP contribution in [0.1, 0.15) is 5.89 Å². The summed E-state index contributed by atoms with van der Waals surface area (Å²) in [6.45, 7) is -0.0248. The molecule has 3 aromatic carbocycles. The van der Waals surface area contributed by atoms with Crippen molar-refractivity contribution in [3.8, 4) is 28.3 Å². The van der Waals surface area contributed by atoms with Gasteiger partial charge in [0.05, 0.1) is 4.90 Å². The van der Waals surface area contributed by atoms with Crippen LogP contribution in [0.2, 0.25) is 0 Å². The zero-order chi connectivity index (χ0) is 21.1. The first-order chi connectivity index (χ1) is 14.4. The zero-order valence-electron chi connectivity index (χ0n) is 15.7. The van der Waals surface area contributed by atoms with E-state index < -0.39 is 10.0 Å². The monoisotopic (exact) mass is 424 g/mol. The summed E-state index contributed by atoms with van der Waals surface area (Å²) >= 11 is 0. The minimum absolute atomic E-state index is 0.0248. The molecule has 0 fully saturated rings. The van der Waals surface area contributed by atoms with Gasteiger partial charge in [0.2, 0.25) is 15.9 Å². The van der Waals surface area contributed by atoms with E-state index in [-0.39, 0.29) is 23.2 Å². The summed E-state index contributed by atoms with van der Waals surface area (Å²) in [5, 5.41) is 5.40. The van der Waals surface area contributed by atoms with Gasteiger partial charge in [0.25, 0.3) is 0 Å². The molecule has 152 valence electrons. The number of rotatable bonds is 6. The third kappa shape index (κ3) is 4.24. The average molecular weight is 424 g/mol. The van der Waals surface area contributed by atoms with Gasteiger partial charge in [-0.15, -0.1) is 0 Å². The molecule has 0 radical (unpaired) electrons. The van der Waals surface area contributed by atoms with Crippen LogP contribution in [0.5, 0.6) is 5.75 Å². The first-order valence-electron chi connectivity index (χ1n) is 8.97. The van der Waals surface area contributed by atoms with Gasteiger partial charge in [-0.05, 0) is 30.3 Å². The normalized spacial score (nSPS) is 11.4. The number of primary sulfonamides is 1. The first-order valence-corrected chi connectivity index (χ1v) is 10.5. The maximum Gasteiger partial charge on any atom is 0.238 e. The number of hydrogen-bond acceptors (Lipinski definition) is 5. The summed E-state index contributed by atoms with van der Waals surface area (Å²) in [4.78, 5) is 4.42. The lowest BCUT2D eigenvalue weighted by molar-refractivity contribution is 0.264. The SMILES string of the molecule is NS(=O)(=O)c1ccccc1-c1nc(COc2ccc(F)cc2)oc1-c1ccccc1. The second kappa shape index (κ2) is 8.10. The molecule has 0 aliphatic carbocycles. The summed E-state index contributed by atoms with van der Waals surface area (Å²) in [5.41, 5.74) is 1.39. The smallest absolute Gasteiger partial charge is 0.238 e. The number of benzene rings is 3. The number of halogens is 1. The van der Waals surface area contributed by atoms with Crippen LogP contribution in [-0.2, 0) is 16.6 Å². The van der Waals surface area contributed by atoms with E-state index >= 15 is 0 Å². The van der Waals surface area contributed by atoms with Gasteiger partial charge >= 0.3 is 0 Å². The number of nitrogens with zero attached hydrogens (tertiary/aromatic N) is 1. The Labute approximate surface area is 172 Å². The second-order valence-electron chi connectivity index (χ2n) is 6.44. The van der Waals surface area contributed by atoms with Gasteiger partial charge in [-0.25, -0.2) is 22.9 Å². The summed E-state index contributed by atoms with van der Waals surface area (Å²) in [6, 6.07) is 21.1. The largest absolute Gasteiger partial charge is 0.484 e. The van der Waals surface area contributed by atoms with Crippen molar-refractivity contribution in [3.05, 3.63) is 90.6 Å². The second-order valence-corrected chi connectivity index (χ2v) is 7.96. The Kier molecular flexibility index (Phi) is 5.35. The van der Waals surface area contributed by atoms with E-state index in [0.717, 1.165) is 5.56 Å². The maximum atomic E-state index is 13.1. The molecule has 4 rings (SSSR count). The third-order valence-electron chi connectivity index (χ3n) is 4.33. The molecular formula is C22H17FN2O4S. The molecule has 6 nitrogen and oxygen atoms in total. The van der Waals surface area contributed by atoms with Crippen LogP contribution in [-0.4, -0.2) is 13.4 Å². The van der Waals surface area contributed by atoms with Gasteiger partial charge in [-0.3, -0.25) is 0 Å². The Morgan fingerprint density at radius 3 is 2.30 bits per heavy atom. The molecule has 30 heavy (non-hydrogen) atoms. The summed E-state index contributed by atoms with van der Waals surface area (Å²) < 4.78 is 48.8. The Morgan fingerprint density at radius 1 is 0.933 bits per heavy atom. The fourth-order valence-corrected chi connectivity index (χ4v) is 3.72. The highest BCUT2D eigenvalue weighted by atomic mass is 32.2. The lowest BCUT2D eigenvalue weighted by atomic mass is 10.1. The van der Waals surface area contributed by atoms with Crippen LogP contribution in [0.25, 0.3) is 22.6 Å². The zero-order valence-corrected chi connectivity index (χ0v) is 16.5. The average Bonchev–Trinajstić information content (AvgIpc) is 3.18. The Hall–Kier alpha value is -3.49. The molecule has 0 aliphatic rings. The van der Waals surface area contributed by atoms with Gasteiger partial charge in [-0.2, -0.15) is 0 Å². The molecule has 0 spiro atoms. The molecular weight excluding hydrogens is 407 g/mol. The van der Waals surface area contributed by atoms with Gasteiger partial charge in [0.15, 0.2) is 12.4 Å². The fourth-order valence-electron chi connectivity index (χ4n) is 2.98.